The Hall–Kier alpha value is -1.35. The summed E-state index contributed by atoms with van der Waals surface area (Å²) in [6.45, 7) is 5.22. The van der Waals surface area contributed by atoms with Crippen molar-refractivity contribution in [3.05, 3.63) is 35.9 Å². The molecule has 0 aromatic heterocycles. The van der Waals surface area contributed by atoms with Crippen LogP contribution in [0.5, 0.6) is 0 Å². The van der Waals surface area contributed by atoms with Crippen molar-refractivity contribution in [1.29, 1.82) is 0 Å². The van der Waals surface area contributed by atoms with Crippen LogP contribution in [0, 0.1) is 11.8 Å². The first-order valence-electron chi connectivity index (χ1n) is 8.28. The second-order valence-electron chi connectivity index (χ2n) is 6.71. The van der Waals surface area contributed by atoms with Crippen molar-refractivity contribution < 1.29 is 4.79 Å². The fraction of sp³-hybridized carbons (Fsp3) is 0.611. The molecule has 1 aromatic rings. The van der Waals surface area contributed by atoms with Crippen molar-refractivity contribution in [3.63, 3.8) is 0 Å². The number of carbonyl (C=O) groups excluding carboxylic acids is 1. The van der Waals surface area contributed by atoms with Gasteiger partial charge in [0.05, 0.1) is 6.04 Å². The summed E-state index contributed by atoms with van der Waals surface area (Å²) in [6, 6.07) is 10.3. The third-order valence-electron chi connectivity index (χ3n) is 5.21. The Balaban J connectivity index is 1.78. The maximum atomic E-state index is 12.5. The molecule has 3 nitrogen and oxygen atoms in total. The number of carbonyl (C=O) groups is 1. The molecule has 3 rings (SSSR count). The molecule has 1 heterocycles. The van der Waals surface area contributed by atoms with E-state index >= 15 is 0 Å². The largest absolute Gasteiger partial charge is 0.321 e. The molecular formula is C18H26N2O. The molecule has 1 saturated carbocycles. The summed E-state index contributed by atoms with van der Waals surface area (Å²) in [5.41, 5.74) is 1.19. The van der Waals surface area contributed by atoms with Crippen LogP contribution < -0.4 is 5.32 Å². The van der Waals surface area contributed by atoms with Crippen LogP contribution in [0.15, 0.2) is 30.3 Å². The van der Waals surface area contributed by atoms with Crippen LogP contribution >= 0.6 is 0 Å². The van der Waals surface area contributed by atoms with Crippen molar-refractivity contribution in [2.45, 2.75) is 51.7 Å². The van der Waals surface area contributed by atoms with Gasteiger partial charge in [0, 0.05) is 6.54 Å². The molecule has 4 atom stereocenters. The summed E-state index contributed by atoms with van der Waals surface area (Å²) < 4.78 is 0. The summed E-state index contributed by atoms with van der Waals surface area (Å²) in [5, 5.41) is 3.45. The molecule has 1 N–H and O–H groups in total. The van der Waals surface area contributed by atoms with E-state index in [9.17, 15) is 4.79 Å². The zero-order chi connectivity index (χ0) is 14.8. The predicted octanol–water partition coefficient (Wildman–Crippen LogP) is 3.33. The third kappa shape index (κ3) is 2.98. The average molecular weight is 286 g/mol. The van der Waals surface area contributed by atoms with Crippen LogP contribution in [0.2, 0.25) is 0 Å². The Morgan fingerprint density at radius 3 is 2.57 bits per heavy atom. The first-order valence-corrected chi connectivity index (χ1v) is 8.28. The second kappa shape index (κ2) is 6.18. The number of nitrogens with one attached hydrogen (secondary N) is 1. The lowest BCUT2D eigenvalue weighted by Crippen LogP contribution is -2.37. The molecule has 1 saturated heterocycles. The smallest absolute Gasteiger partial charge is 0.241 e. The summed E-state index contributed by atoms with van der Waals surface area (Å²) >= 11 is 0. The number of hydrogen-bond donors (Lipinski definition) is 1. The van der Waals surface area contributed by atoms with Crippen molar-refractivity contribution in [3.8, 4) is 0 Å². The highest BCUT2D eigenvalue weighted by Crippen LogP contribution is 2.33. The van der Waals surface area contributed by atoms with E-state index in [0.29, 0.717) is 5.92 Å². The molecule has 0 bridgehead atoms. The molecule has 0 spiro atoms. The topological polar surface area (TPSA) is 32.3 Å². The quantitative estimate of drug-likeness (QED) is 0.924. The monoisotopic (exact) mass is 286 g/mol. The number of benzene rings is 1. The SMILES string of the molecule is CC1NC(c2ccccc2)N(CC2CCCCC2C)C1=O. The highest BCUT2D eigenvalue weighted by atomic mass is 16.2. The van der Waals surface area contributed by atoms with Crippen LogP contribution in [0.3, 0.4) is 0 Å². The van der Waals surface area contributed by atoms with Crippen molar-refractivity contribution in [2.75, 3.05) is 6.54 Å². The number of nitrogens with zero attached hydrogens (tertiary/aromatic N) is 1. The lowest BCUT2D eigenvalue weighted by molar-refractivity contribution is -0.130. The first kappa shape index (κ1) is 14.6. The van der Waals surface area contributed by atoms with Crippen LogP contribution in [-0.4, -0.2) is 23.4 Å². The third-order valence-corrected chi connectivity index (χ3v) is 5.21. The Morgan fingerprint density at radius 2 is 1.86 bits per heavy atom. The van der Waals surface area contributed by atoms with E-state index < -0.39 is 0 Å². The average Bonchev–Trinajstić information content (AvgIpc) is 2.79. The van der Waals surface area contributed by atoms with Gasteiger partial charge in [-0.1, -0.05) is 56.5 Å². The minimum Gasteiger partial charge on any atom is -0.321 e. The van der Waals surface area contributed by atoms with Gasteiger partial charge in [0.1, 0.15) is 6.17 Å². The summed E-state index contributed by atoms with van der Waals surface area (Å²) in [4.78, 5) is 14.6. The molecule has 1 amide bonds. The number of amides is 1. The van der Waals surface area contributed by atoms with Crippen molar-refractivity contribution in [2.24, 2.45) is 11.8 Å². The zero-order valence-electron chi connectivity index (χ0n) is 13.1. The molecule has 1 aliphatic heterocycles. The fourth-order valence-corrected chi connectivity index (χ4v) is 3.80. The zero-order valence-corrected chi connectivity index (χ0v) is 13.1. The van der Waals surface area contributed by atoms with Gasteiger partial charge >= 0.3 is 0 Å². The van der Waals surface area contributed by atoms with E-state index in [1.165, 1.54) is 31.2 Å². The Morgan fingerprint density at radius 1 is 1.14 bits per heavy atom. The van der Waals surface area contributed by atoms with E-state index in [2.05, 4.69) is 29.3 Å². The lowest BCUT2D eigenvalue weighted by atomic mass is 9.80. The molecule has 1 aliphatic carbocycles. The highest BCUT2D eigenvalue weighted by Gasteiger charge is 2.38. The second-order valence-corrected chi connectivity index (χ2v) is 6.71. The van der Waals surface area contributed by atoms with Crippen molar-refractivity contribution in [1.82, 2.24) is 10.2 Å². The molecule has 21 heavy (non-hydrogen) atoms. The summed E-state index contributed by atoms with van der Waals surface area (Å²) in [7, 11) is 0. The number of rotatable bonds is 3. The molecular weight excluding hydrogens is 260 g/mol. The van der Waals surface area contributed by atoms with Gasteiger partial charge in [-0.3, -0.25) is 10.1 Å². The summed E-state index contributed by atoms with van der Waals surface area (Å²) in [5.74, 6) is 1.64. The molecule has 4 unspecified atom stereocenters. The predicted molar refractivity (Wildman–Crippen MR) is 84.6 cm³/mol. The summed E-state index contributed by atoms with van der Waals surface area (Å²) in [6.07, 6.45) is 5.29. The van der Waals surface area contributed by atoms with Gasteiger partial charge < -0.3 is 4.90 Å². The number of hydrogen-bond acceptors (Lipinski definition) is 2. The van der Waals surface area contributed by atoms with Gasteiger partial charge in [0.25, 0.3) is 0 Å². The molecule has 2 aliphatic rings. The van der Waals surface area contributed by atoms with Gasteiger partial charge in [0.2, 0.25) is 5.91 Å². The van der Waals surface area contributed by atoms with Crippen LogP contribution in [0.1, 0.15) is 51.3 Å². The maximum Gasteiger partial charge on any atom is 0.241 e. The van der Waals surface area contributed by atoms with Gasteiger partial charge in [-0.25, -0.2) is 0 Å². The van der Waals surface area contributed by atoms with E-state index in [1.807, 2.05) is 25.1 Å². The molecule has 0 radical (unpaired) electrons. The Labute approximate surface area is 127 Å². The van der Waals surface area contributed by atoms with Gasteiger partial charge in [-0.15, -0.1) is 0 Å². The van der Waals surface area contributed by atoms with E-state index in [-0.39, 0.29) is 18.1 Å². The molecule has 1 aromatic carbocycles. The fourth-order valence-electron chi connectivity index (χ4n) is 3.80. The van der Waals surface area contributed by atoms with E-state index in [0.717, 1.165) is 12.5 Å². The van der Waals surface area contributed by atoms with E-state index in [4.69, 9.17) is 0 Å². The Bertz CT molecular complexity index is 487. The molecule has 2 fully saturated rings. The van der Waals surface area contributed by atoms with Gasteiger partial charge in [-0.05, 0) is 30.7 Å². The highest BCUT2D eigenvalue weighted by molar-refractivity contribution is 5.84. The van der Waals surface area contributed by atoms with E-state index in [1.54, 1.807) is 0 Å². The van der Waals surface area contributed by atoms with Crippen LogP contribution in [-0.2, 0) is 4.79 Å². The molecule has 3 heteroatoms. The normalized spacial score (nSPS) is 33.4. The minimum absolute atomic E-state index is 0.0443. The maximum absolute atomic E-state index is 12.5. The minimum atomic E-state index is -0.0749. The standard InChI is InChI=1S/C18H26N2O/c1-13-8-6-7-11-16(13)12-20-17(19-14(2)18(20)21)15-9-4-3-5-10-15/h3-5,9-10,13-14,16-17,19H,6-8,11-12H2,1-2H3. The first-order chi connectivity index (χ1) is 10.2. The Kier molecular flexibility index (Phi) is 4.29. The lowest BCUT2D eigenvalue weighted by Gasteiger charge is -2.34. The van der Waals surface area contributed by atoms with Crippen LogP contribution in [0.4, 0.5) is 0 Å². The van der Waals surface area contributed by atoms with Gasteiger partial charge in [-0.2, -0.15) is 0 Å². The molecule has 114 valence electrons. The van der Waals surface area contributed by atoms with Crippen LogP contribution in [0.25, 0.3) is 0 Å². The van der Waals surface area contributed by atoms with Crippen molar-refractivity contribution >= 4 is 5.91 Å². The van der Waals surface area contributed by atoms with Gasteiger partial charge in [0.15, 0.2) is 0 Å².